The molecule has 0 saturated carbocycles. The number of alkyl carbamates (subject to hydrolysis) is 1. The maximum absolute atomic E-state index is 12.0. The molecule has 0 aliphatic heterocycles. The Hall–Kier alpha value is -2.82. The van der Waals surface area contributed by atoms with Crippen LogP contribution in [0.25, 0.3) is 11.1 Å². The van der Waals surface area contributed by atoms with E-state index in [9.17, 15) is 14.7 Å². The van der Waals surface area contributed by atoms with Gasteiger partial charge in [-0.15, -0.1) is 0 Å². The Morgan fingerprint density at radius 1 is 1.08 bits per heavy atom. The van der Waals surface area contributed by atoms with E-state index >= 15 is 0 Å². The van der Waals surface area contributed by atoms with Gasteiger partial charge in [0.15, 0.2) is 0 Å². The molecule has 0 spiro atoms. The summed E-state index contributed by atoms with van der Waals surface area (Å²) in [5.41, 5.74) is 4.51. The minimum Gasteiger partial charge on any atom is -0.548 e. The van der Waals surface area contributed by atoms with Gasteiger partial charge in [0, 0.05) is 5.92 Å². The lowest BCUT2D eigenvalue weighted by Gasteiger charge is -2.20. The predicted molar refractivity (Wildman–Crippen MR) is 91.9 cm³/mol. The zero-order valence-electron chi connectivity index (χ0n) is 14.0. The third kappa shape index (κ3) is 3.50. The molecular formula is C20H20NO4-. The van der Waals surface area contributed by atoms with Gasteiger partial charge < -0.3 is 20.0 Å². The van der Waals surface area contributed by atoms with E-state index in [4.69, 9.17) is 4.74 Å². The number of hydrogen-bond acceptors (Lipinski definition) is 4. The van der Waals surface area contributed by atoms with Crippen molar-refractivity contribution in [3.63, 3.8) is 0 Å². The van der Waals surface area contributed by atoms with Crippen LogP contribution in [-0.4, -0.2) is 24.7 Å². The van der Waals surface area contributed by atoms with E-state index in [1.54, 1.807) is 0 Å². The lowest BCUT2D eigenvalue weighted by molar-refractivity contribution is -0.308. The topological polar surface area (TPSA) is 78.5 Å². The van der Waals surface area contributed by atoms with Crippen LogP contribution in [0.2, 0.25) is 0 Å². The Kier molecular flexibility index (Phi) is 5.03. The molecule has 0 heterocycles. The SMILES string of the molecule is CCC[C@@H](NC(=O)OCC1c2ccccc2-c2ccccc21)C(=O)[O-]. The summed E-state index contributed by atoms with van der Waals surface area (Å²) in [6.45, 7) is 2.00. The summed E-state index contributed by atoms with van der Waals surface area (Å²) in [6, 6.07) is 15.0. The van der Waals surface area contributed by atoms with Gasteiger partial charge in [-0.05, 0) is 28.7 Å². The summed E-state index contributed by atoms with van der Waals surface area (Å²) >= 11 is 0. The highest BCUT2D eigenvalue weighted by Gasteiger charge is 2.29. The molecule has 0 saturated heterocycles. The van der Waals surface area contributed by atoms with E-state index < -0.39 is 18.1 Å². The summed E-state index contributed by atoms with van der Waals surface area (Å²) < 4.78 is 5.33. The number of nitrogens with one attached hydrogen (secondary N) is 1. The largest absolute Gasteiger partial charge is 0.548 e. The van der Waals surface area contributed by atoms with Crippen molar-refractivity contribution in [1.82, 2.24) is 5.32 Å². The van der Waals surface area contributed by atoms with Crippen molar-refractivity contribution in [2.75, 3.05) is 6.61 Å². The van der Waals surface area contributed by atoms with E-state index in [0.717, 1.165) is 22.3 Å². The molecule has 1 N–H and O–H groups in total. The molecule has 5 heteroatoms. The molecular weight excluding hydrogens is 318 g/mol. The highest BCUT2D eigenvalue weighted by atomic mass is 16.5. The van der Waals surface area contributed by atoms with Crippen molar-refractivity contribution >= 4 is 12.1 Å². The molecule has 1 amide bonds. The number of carboxylic acid groups (broad SMARTS) is 1. The normalized spacial score (nSPS) is 13.6. The molecule has 0 unspecified atom stereocenters. The first-order valence-electron chi connectivity index (χ1n) is 8.44. The Balaban J connectivity index is 1.71. The summed E-state index contributed by atoms with van der Waals surface area (Å²) in [7, 11) is 0. The van der Waals surface area contributed by atoms with Crippen LogP contribution in [0.15, 0.2) is 48.5 Å². The fourth-order valence-corrected chi connectivity index (χ4v) is 3.32. The van der Waals surface area contributed by atoms with Crippen LogP contribution in [0.1, 0.15) is 36.8 Å². The number of carboxylic acids is 1. The van der Waals surface area contributed by atoms with Crippen LogP contribution in [0.5, 0.6) is 0 Å². The second-order valence-electron chi connectivity index (χ2n) is 6.13. The first kappa shape index (κ1) is 17.0. The molecule has 1 atom stereocenters. The average molecular weight is 338 g/mol. The van der Waals surface area contributed by atoms with Crippen molar-refractivity contribution in [3.8, 4) is 11.1 Å². The Bertz CT molecular complexity index is 741. The summed E-state index contributed by atoms with van der Waals surface area (Å²) in [4.78, 5) is 23.0. The van der Waals surface area contributed by atoms with Gasteiger partial charge in [-0.2, -0.15) is 0 Å². The molecule has 5 nitrogen and oxygen atoms in total. The van der Waals surface area contributed by atoms with Gasteiger partial charge >= 0.3 is 6.09 Å². The van der Waals surface area contributed by atoms with Gasteiger partial charge in [0.1, 0.15) is 6.61 Å². The van der Waals surface area contributed by atoms with Crippen molar-refractivity contribution in [3.05, 3.63) is 59.7 Å². The monoisotopic (exact) mass is 338 g/mol. The van der Waals surface area contributed by atoms with Crippen molar-refractivity contribution in [1.29, 1.82) is 0 Å². The van der Waals surface area contributed by atoms with Crippen molar-refractivity contribution in [2.45, 2.75) is 31.7 Å². The number of carbonyl (C=O) groups is 2. The number of ether oxygens (including phenoxy) is 1. The molecule has 0 fully saturated rings. The first-order valence-corrected chi connectivity index (χ1v) is 8.44. The van der Waals surface area contributed by atoms with Gasteiger partial charge in [0.05, 0.1) is 12.0 Å². The maximum Gasteiger partial charge on any atom is 0.407 e. The Labute approximate surface area is 146 Å². The van der Waals surface area contributed by atoms with E-state index in [1.165, 1.54) is 0 Å². The van der Waals surface area contributed by atoms with Gasteiger partial charge in [-0.3, -0.25) is 0 Å². The van der Waals surface area contributed by atoms with E-state index in [0.29, 0.717) is 12.8 Å². The van der Waals surface area contributed by atoms with Crippen LogP contribution in [-0.2, 0) is 9.53 Å². The zero-order valence-corrected chi connectivity index (χ0v) is 14.0. The Morgan fingerprint density at radius 2 is 1.64 bits per heavy atom. The summed E-state index contributed by atoms with van der Waals surface area (Å²) in [5.74, 6) is -1.35. The Morgan fingerprint density at radius 3 is 2.16 bits per heavy atom. The average Bonchev–Trinajstić information content (AvgIpc) is 2.93. The molecule has 0 radical (unpaired) electrons. The number of rotatable bonds is 6. The number of carbonyl (C=O) groups excluding carboxylic acids is 2. The standard InChI is InChI=1S/C20H21NO4/c1-2-7-18(19(22)23)21-20(24)25-12-17-15-10-5-3-8-13(15)14-9-4-6-11-16(14)17/h3-6,8-11,17-18H,2,7,12H2,1H3,(H,21,24)(H,22,23)/p-1/t18-/m1/s1. The minimum absolute atomic E-state index is 0.0503. The maximum atomic E-state index is 12.0. The third-order valence-corrected chi connectivity index (χ3v) is 4.50. The third-order valence-electron chi connectivity index (χ3n) is 4.50. The van der Waals surface area contributed by atoms with Crippen LogP contribution >= 0.6 is 0 Å². The quantitative estimate of drug-likeness (QED) is 0.877. The van der Waals surface area contributed by atoms with Crippen LogP contribution in [0.3, 0.4) is 0 Å². The van der Waals surface area contributed by atoms with Crippen molar-refractivity contribution in [2.24, 2.45) is 0 Å². The number of benzene rings is 2. The number of fused-ring (bicyclic) bond motifs is 3. The lowest BCUT2D eigenvalue weighted by atomic mass is 9.98. The van der Waals surface area contributed by atoms with E-state index in [-0.39, 0.29) is 12.5 Å². The molecule has 3 rings (SSSR count). The predicted octanol–water partition coefficient (Wildman–Crippen LogP) is 2.44. The van der Waals surface area contributed by atoms with Crippen molar-refractivity contribution < 1.29 is 19.4 Å². The van der Waals surface area contributed by atoms with Crippen LogP contribution < -0.4 is 10.4 Å². The van der Waals surface area contributed by atoms with Crippen LogP contribution in [0, 0.1) is 0 Å². The fraction of sp³-hybridized carbons (Fsp3) is 0.300. The first-order chi connectivity index (χ1) is 12.1. The molecule has 1 aliphatic rings. The zero-order chi connectivity index (χ0) is 17.8. The summed E-state index contributed by atoms with van der Waals surface area (Å²) in [6.07, 6.45) is 0.207. The lowest BCUT2D eigenvalue weighted by Crippen LogP contribution is -2.48. The number of hydrogen-bond donors (Lipinski definition) is 1. The molecule has 2 aromatic rings. The van der Waals surface area contributed by atoms with Gasteiger partial charge in [0.25, 0.3) is 0 Å². The fourth-order valence-electron chi connectivity index (χ4n) is 3.32. The second-order valence-corrected chi connectivity index (χ2v) is 6.13. The van der Waals surface area contributed by atoms with E-state index in [1.807, 2.05) is 43.3 Å². The van der Waals surface area contributed by atoms with Crippen LogP contribution in [0.4, 0.5) is 4.79 Å². The highest BCUT2D eigenvalue weighted by Crippen LogP contribution is 2.44. The molecule has 2 aromatic carbocycles. The summed E-state index contributed by atoms with van der Waals surface area (Å²) in [5, 5.41) is 13.4. The molecule has 130 valence electrons. The molecule has 0 bridgehead atoms. The highest BCUT2D eigenvalue weighted by molar-refractivity contribution is 5.80. The number of amides is 1. The van der Waals surface area contributed by atoms with Gasteiger partial charge in [-0.1, -0.05) is 61.9 Å². The van der Waals surface area contributed by atoms with Gasteiger partial charge in [0.2, 0.25) is 0 Å². The molecule has 0 aromatic heterocycles. The van der Waals surface area contributed by atoms with Gasteiger partial charge in [-0.25, -0.2) is 4.79 Å². The second kappa shape index (κ2) is 7.38. The number of aliphatic carboxylic acids is 1. The minimum atomic E-state index is -1.30. The molecule has 1 aliphatic carbocycles. The van der Waals surface area contributed by atoms with E-state index in [2.05, 4.69) is 17.4 Å². The molecule has 25 heavy (non-hydrogen) atoms. The smallest absolute Gasteiger partial charge is 0.407 e.